The second-order valence-electron chi connectivity index (χ2n) is 3.79. The van der Waals surface area contributed by atoms with Crippen LogP contribution in [-0.4, -0.2) is 30.2 Å². The summed E-state index contributed by atoms with van der Waals surface area (Å²) in [7, 11) is 1.57. The molecule has 0 bridgehead atoms. The first-order chi connectivity index (χ1) is 7.29. The molecule has 0 radical (unpaired) electrons. The summed E-state index contributed by atoms with van der Waals surface area (Å²) in [5.41, 5.74) is 0.851. The smallest absolute Gasteiger partial charge is 0.322 e. The Morgan fingerprint density at radius 3 is 3.20 bits per heavy atom. The van der Waals surface area contributed by atoms with Crippen molar-refractivity contribution in [1.82, 2.24) is 10.3 Å². The molecular formula is C10H11N3O2. The zero-order valence-electron chi connectivity index (χ0n) is 8.30. The molecule has 3 rings (SSSR count). The average molecular weight is 205 g/mol. The van der Waals surface area contributed by atoms with Gasteiger partial charge in [0.2, 0.25) is 5.88 Å². The molecule has 0 unspecified atom stereocenters. The quantitative estimate of drug-likeness (QED) is 0.775. The highest BCUT2D eigenvalue weighted by atomic mass is 16.5. The Morgan fingerprint density at radius 1 is 1.67 bits per heavy atom. The van der Waals surface area contributed by atoms with Gasteiger partial charge in [-0.3, -0.25) is 4.90 Å². The fraction of sp³-hybridized carbons (Fsp3) is 0.400. The lowest BCUT2D eigenvalue weighted by Crippen LogP contribution is -2.33. The maximum absolute atomic E-state index is 11.6. The number of pyridine rings is 1. The number of methoxy groups -OCH3 is 1. The van der Waals surface area contributed by atoms with Crippen LogP contribution in [-0.2, 0) is 0 Å². The second kappa shape index (κ2) is 2.85. The first kappa shape index (κ1) is 8.52. The number of carbonyl (C=O) groups excluding carboxylic acids is 1. The van der Waals surface area contributed by atoms with Crippen LogP contribution in [0.5, 0.6) is 5.88 Å². The van der Waals surface area contributed by atoms with E-state index in [1.165, 1.54) is 0 Å². The van der Waals surface area contributed by atoms with Crippen LogP contribution in [0.1, 0.15) is 6.42 Å². The van der Waals surface area contributed by atoms with E-state index in [2.05, 4.69) is 10.3 Å². The third kappa shape index (κ3) is 1.23. The van der Waals surface area contributed by atoms with Gasteiger partial charge in [0, 0.05) is 12.3 Å². The van der Waals surface area contributed by atoms with Gasteiger partial charge in [0.15, 0.2) is 0 Å². The van der Waals surface area contributed by atoms with Crippen molar-refractivity contribution in [2.75, 3.05) is 12.0 Å². The number of aromatic nitrogens is 1. The lowest BCUT2D eigenvalue weighted by molar-refractivity contribution is 0.249. The number of fused-ring (bicyclic) bond motifs is 1. The lowest BCUT2D eigenvalue weighted by atomic mass is 10.3. The van der Waals surface area contributed by atoms with Gasteiger partial charge in [-0.25, -0.2) is 9.78 Å². The molecule has 15 heavy (non-hydrogen) atoms. The van der Waals surface area contributed by atoms with E-state index < -0.39 is 0 Å². The van der Waals surface area contributed by atoms with Crippen LogP contribution in [0, 0.1) is 0 Å². The summed E-state index contributed by atoms with van der Waals surface area (Å²) in [6, 6.07) is 4.24. The summed E-state index contributed by atoms with van der Waals surface area (Å²) >= 11 is 0. The van der Waals surface area contributed by atoms with Crippen LogP contribution >= 0.6 is 0 Å². The summed E-state index contributed by atoms with van der Waals surface area (Å²) in [4.78, 5) is 17.4. The fourth-order valence-corrected chi connectivity index (χ4v) is 1.97. The highest BCUT2D eigenvalue weighted by molar-refractivity contribution is 5.97. The molecule has 2 amide bonds. The van der Waals surface area contributed by atoms with Gasteiger partial charge in [0.05, 0.1) is 24.9 Å². The summed E-state index contributed by atoms with van der Waals surface area (Å²) in [5.74, 6) is 0.532. The first-order valence-electron chi connectivity index (χ1n) is 4.89. The molecular weight excluding hydrogens is 194 g/mol. The van der Waals surface area contributed by atoms with Gasteiger partial charge in [-0.2, -0.15) is 0 Å². The van der Waals surface area contributed by atoms with Crippen molar-refractivity contribution in [2.24, 2.45) is 0 Å². The normalized spacial score (nSPS) is 27.3. The third-order valence-electron chi connectivity index (χ3n) is 2.82. The van der Waals surface area contributed by atoms with Crippen molar-refractivity contribution in [3.05, 3.63) is 18.3 Å². The number of anilines is 1. The Morgan fingerprint density at radius 2 is 2.53 bits per heavy atom. The van der Waals surface area contributed by atoms with Gasteiger partial charge in [-0.05, 0) is 12.5 Å². The molecule has 1 aromatic rings. The van der Waals surface area contributed by atoms with Crippen molar-refractivity contribution >= 4 is 11.7 Å². The van der Waals surface area contributed by atoms with Crippen molar-refractivity contribution in [1.29, 1.82) is 0 Å². The molecule has 2 heterocycles. The SMILES string of the molecule is COc1cc(N2C(=O)N[C@H]3C[C@@H]32)ccn1. The standard InChI is InChI=1S/C10H11N3O2/c1-15-9-4-6(2-3-11-9)13-8-5-7(8)12-10(13)14/h2-4,7-8H,5H2,1H3,(H,12,14)/t7-,8-/m0/s1. The minimum atomic E-state index is -0.0236. The maximum atomic E-state index is 11.6. The number of ether oxygens (including phenoxy) is 1. The zero-order valence-corrected chi connectivity index (χ0v) is 8.30. The highest BCUT2D eigenvalue weighted by Crippen LogP contribution is 2.37. The number of amides is 2. The predicted octanol–water partition coefficient (Wildman–Crippen LogP) is 0.761. The number of nitrogens with one attached hydrogen (secondary N) is 1. The fourth-order valence-electron chi connectivity index (χ4n) is 1.97. The van der Waals surface area contributed by atoms with Gasteiger partial charge in [-0.1, -0.05) is 0 Å². The molecule has 0 aromatic carbocycles. The molecule has 1 aliphatic heterocycles. The van der Waals surface area contributed by atoms with Gasteiger partial charge >= 0.3 is 6.03 Å². The van der Waals surface area contributed by atoms with Crippen molar-refractivity contribution in [2.45, 2.75) is 18.5 Å². The molecule has 1 saturated heterocycles. The van der Waals surface area contributed by atoms with E-state index >= 15 is 0 Å². The molecule has 5 nitrogen and oxygen atoms in total. The topological polar surface area (TPSA) is 54.5 Å². The molecule has 0 spiro atoms. The minimum Gasteiger partial charge on any atom is -0.481 e. The largest absolute Gasteiger partial charge is 0.481 e. The Hall–Kier alpha value is -1.78. The molecule has 1 aliphatic carbocycles. The van der Waals surface area contributed by atoms with E-state index in [9.17, 15) is 4.79 Å². The van der Waals surface area contributed by atoms with Crippen molar-refractivity contribution < 1.29 is 9.53 Å². The molecule has 1 N–H and O–H groups in total. The van der Waals surface area contributed by atoms with E-state index in [0.717, 1.165) is 12.1 Å². The summed E-state index contributed by atoms with van der Waals surface area (Å²) in [6.07, 6.45) is 2.69. The van der Waals surface area contributed by atoms with E-state index in [1.807, 2.05) is 6.07 Å². The van der Waals surface area contributed by atoms with Crippen molar-refractivity contribution in [3.8, 4) is 5.88 Å². The van der Waals surface area contributed by atoms with Gasteiger partial charge < -0.3 is 10.1 Å². The van der Waals surface area contributed by atoms with E-state index in [0.29, 0.717) is 18.0 Å². The van der Waals surface area contributed by atoms with Gasteiger partial charge in [0.1, 0.15) is 0 Å². The first-order valence-corrected chi connectivity index (χ1v) is 4.89. The number of rotatable bonds is 2. The van der Waals surface area contributed by atoms with Gasteiger partial charge in [0.25, 0.3) is 0 Å². The zero-order chi connectivity index (χ0) is 10.4. The Labute approximate surface area is 87.0 Å². The van der Waals surface area contributed by atoms with Crippen LogP contribution in [0.2, 0.25) is 0 Å². The molecule has 5 heteroatoms. The van der Waals surface area contributed by atoms with Crippen LogP contribution in [0.15, 0.2) is 18.3 Å². The van der Waals surface area contributed by atoms with E-state index in [4.69, 9.17) is 4.74 Å². The Balaban J connectivity index is 1.94. The molecule has 1 saturated carbocycles. The number of urea groups is 1. The van der Waals surface area contributed by atoms with Crippen molar-refractivity contribution in [3.63, 3.8) is 0 Å². The summed E-state index contributed by atoms with van der Waals surface area (Å²) in [5, 5.41) is 2.90. The Bertz CT molecular complexity index is 421. The third-order valence-corrected chi connectivity index (χ3v) is 2.82. The molecule has 78 valence electrons. The summed E-state index contributed by atoms with van der Waals surface area (Å²) in [6.45, 7) is 0. The molecule has 2 aliphatic rings. The number of carbonyl (C=O) groups is 1. The maximum Gasteiger partial charge on any atom is 0.322 e. The van der Waals surface area contributed by atoms with Crippen LogP contribution in [0.4, 0.5) is 10.5 Å². The summed E-state index contributed by atoms with van der Waals surface area (Å²) < 4.78 is 5.03. The molecule has 1 aromatic heterocycles. The van der Waals surface area contributed by atoms with Crippen LogP contribution < -0.4 is 15.0 Å². The second-order valence-corrected chi connectivity index (χ2v) is 3.79. The average Bonchev–Trinajstić information content (AvgIpc) is 2.91. The Kier molecular flexibility index (Phi) is 1.62. The number of hydrogen-bond acceptors (Lipinski definition) is 3. The molecule has 2 atom stereocenters. The number of hydrogen-bond donors (Lipinski definition) is 1. The molecule has 2 fully saturated rings. The minimum absolute atomic E-state index is 0.0236. The number of nitrogens with zero attached hydrogens (tertiary/aromatic N) is 2. The predicted molar refractivity (Wildman–Crippen MR) is 54.0 cm³/mol. The van der Waals surface area contributed by atoms with Crippen LogP contribution in [0.3, 0.4) is 0 Å². The van der Waals surface area contributed by atoms with Crippen LogP contribution in [0.25, 0.3) is 0 Å². The monoisotopic (exact) mass is 205 g/mol. The highest BCUT2D eigenvalue weighted by Gasteiger charge is 2.52. The van der Waals surface area contributed by atoms with Gasteiger partial charge in [-0.15, -0.1) is 0 Å². The van der Waals surface area contributed by atoms with E-state index in [-0.39, 0.29) is 6.03 Å². The van der Waals surface area contributed by atoms with E-state index in [1.54, 1.807) is 24.3 Å². The lowest BCUT2D eigenvalue weighted by Gasteiger charge is -2.17.